The highest BCUT2D eigenvalue weighted by atomic mass is 16.5. The highest BCUT2D eigenvalue weighted by Gasteiger charge is 2.68. The maximum atomic E-state index is 11.2. The van der Waals surface area contributed by atoms with Crippen molar-refractivity contribution in [3.63, 3.8) is 0 Å². The summed E-state index contributed by atoms with van der Waals surface area (Å²) < 4.78 is 5.49. The van der Waals surface area contributed by atoms with Gasteiger partial charge in [0.25, 0.3) is 0 Å². The number of fused-ring (bicyclic) bond motifs is 1. The van der Waals surface area contributed by atoms with Crippen molar-refractivity contribution in [2.24, 2.45) is 28.6 Å². The first-order valence-electron chi connectivity index (χ1n) is 7.63. The predicted octanol–water partition coefficient (Wildman–Crippen LogP) is 3.96. The van der Waals surface area contributed by atoms with Crippen molar-refractivity contribution in [1.29, 1.82) is 0 Å². The Morgan fingerprint density at radius 3 is 2.58 bits per heavy atom. The van der Waals surface area contributed by atoms with E-state index in [1.54, 1.807) is 0 Å². The minimum Gasteiger partial charge on any atom is -0.458 e. The molecule has 3 fully saturated rings. The second-order valence-corrected chi connectivity index (χ2v) is 7.87. The number of hydrogen-bond acceptors (Lipinski definition) is 2. The smallest absolute Gasteiger partial charge is 0.303 e. The summed E-state index contributed by atoms with van der Waals surface area (Å²) in [4.78, 5) is 11.2. The molecule has 0 aromatic carbocycles. The molecule has 0 spiro atoms. The molecule has 0 aliphatic heterocycles. The first-order valence-corrected chi connectivity index (χ1v) is 7.63. The molecular weight excluding hydrogens is 236 g/mol. The largest absolute Gasteiger partial charge is 0.458 e. The van der Waals surface area contributed by atoms with Crippen LogP contribution in [0.15, 0.2) is 12.2 Å². The van der Waals surface area contributed by atoms with E-state index in [9.17, 15) is 4.79 Å². The molecule has 0 amide bonds. The van der Waals surface area contributed by atoms with Crippen molar-refractivity contribution in [2.75, 3.05) is 0 Å². The summed E-state index contributed by atoms with van der Waals surface area (Å²) in [6, 6.07) is 0. The lowest BCUT2D eigenvalue weighted by Crippen LogP contribution is -2.64. The quantitative estimate of drug-likeness (QED) is 0.528. The SMILES string of the molecule is C=C1C2C3C(C[C@@H]1OC(C)=O)C2(C)CCCC3(C)C. The van der Waals surface area contributed by atoms with Crippen molar-refractivity contribution in [3.05, 3.63) is 12.2 Å². The Kier molecular flexibility index (Phi) is 2.69. The molecule has 5 atom stereocenters. The lowest BCUT2D eigenvalue weighted by Gasteiger charge is -2.68. The van der Waals surface area contributed by atoms with E-state index in [2.05, 4.69) is 27.4 Å². The number of carbonyl (C=O) groups excluding carboxylic acids is 1. The molecule has 0 aromatic rings. The maximum absolute atomic E-state index is 11.2. The summed E-state index contributed by atoms with van der Waals surface area (Å²) in [5, 5.41) is 0. The molecule has 0 heterocycles. The van der Waals surface area contributed by atoms with Crippen molar-refractivity contribution in [3.8, 4) is 0 Å². The minimum atomic E-state index is -0.167. The molecule has 4 unspecified atom stereocenters. The van der Waals surface area contributed by atoms with Gasteiger partial charge >= 0.3 is 5.97 Å². The third-order valence-electron chi connectivity index (χ3n) is 6.38. The van der Waals surface area contributed by atoms with Gasteiger partial charge in [0.15, 0.2) is 0 Å². The summed E-state index contributed by atoms with van der Waals surface area (Å²) in [6.07, 6.45) is 4.95. The Morgan fingerprint density at radius 1 is 1.32 bits per heavy atom. The van der Waals surface area contributed by atoms with Crippen LogP contribution in [0.2, 0.25) is 0 Å². The molecule has 3 saturated carbocycles. The standard InChI is InChI=1S/C17H26O2/c1-10-13(19-11(2)18)9-12-15-14(10)17(12,5)8-6-7-16(15,3)4/h12-15H,1,6-9H2,2-5H3/t12?,13-,14?,15?,17?/m0/s1. The average molecular weight is 262 g/mol. The average Bonchev–Trinajstić information content (AvgIpc) is 2.44. The lowest BCUT2D eigenvalue weighted by molar-refractivity contribution is -0.188. The van der Waals surface area contributed by atoms with E-state index in [0.717, 1.165) is 12.3 Å². The molecule has 4 bridgehead atoms. The van der Waals surface area contributed by atoms with Gasteiger partial charge in [0.2, 0.25) is 0 Å². The molecule has 3 rings (SSSR count). The van der Waals surface area contributed by atoms with Gasteiger partial charge in [-0.25, -0.2) is 0 Å². The van der Waals surface area contributed by atoms with E-state index in [-0.39, 0.29) is 12.1 Å². The van der Waals surface area contributed by atoms with Gasteiger partial charge in [0.1, 0.15) is 6.10 Å². The molecule has 0 aromatic heterocycles. The zero-order valence-corrected chi connectivity index (χ0v) is 12.7. The normalized spacial score (nSPS) is 47.1. The zero-order valence-electron chi connectivity index (χ0n) is 12.7. The Morgan fingerprint density at radius 2 is 2.00 bits per heavy atom. The fourth-order valence-corrected chi connectivity index (χ4v) is 5.57. The number of esters is 1. The third kappa shape index (κ3) is 1.64. The van der Waals surface area contributed by atoms with Crippen molar-refractivity contribution in [2.45, 2.75) is 59.5 Å². The maximum Gasteiger partial charge on any atom is 0.303 e. The summed E-state index contributed by atoms with van der Waals surface area (Å²) in [5.74, 6) is 1.86. The second kappa shape index (κ2) is 3.86. The molecule has 2 heteroatoms. The molecule has 3 aliphatic carbocycles. The van der Waals surface area contributed by atoms with Crippen LogP contribution in [-0.4, -0.2) is 12.1 Å². The molecule has 0 saturated heterocycles. The van der Waals surface area contributed by atoms with Gasteiger partial charge in [0.05, 0.1) is 0 Å². The Labute approximate surface area is 116 Å². The third-order valence-corrected chi connectivity index (χ3v) is 6.38. The topological polar surface area (TPSA) is 26.3 Å². The van der Waals surface area contributed by atoms with E-state index in [0.29, 0.717) is 22.7 Å². The summed E-state index contributed by atoms with van der Waals surface area (Å²) in [7, 11) is 0. The van der Waals surface area contributed by atoms with E-state index >= 15 is 0 Å². The van der Waals surface area contributed by atoms with Gasteiger partial charge in [-0.2, -0.15) is 0 Å². The van der Waals surface area contributed by atoms with Crippen LogP contribution in [0.25, 0.3) is 0 Å². The van der Waals surface area contributed by atoms with Crippen LogP contribution in [0, 0.1) is 28.6 Å². The van der Waals surface area contributed by atoms with Crippen LogP contribution in [0.5, 0.6) is 0 Å². The number of hydrogen-bond donors (Lipinski definition) is 0. The van der Waals surface area contributed by atoms with E-state index in [1.165, 1.54) is 31.8 Å². The first-order chi connectivity index (χ1) is 8.77. The van der Waals surface area contributed by atoms with Crippen LogP contribution >= 0.6 is 0 Å². The molecule has 106 valence electrons. The Hall–Kier alpha value is -0.790. The van der Waals surface area contributed by atoms with Gasteiger partial charge in [-0.3, -0.25) is 4.79 Å². The summed E-state index contributed by atoms with van der Waals surface area (Å²) >= 11 is 0. The van der Waals surface area contributed by atoms with Crippen LogP contribution < -0.4 is 0 Å². The van der Waals surface area contributed by atoms with E-state index in [4.69, 9.17) is 4.74 Å². The number of rotatable bonds is 1. The van der Waals surface area contributed by atoms with Gasteiger partial charge in [-0.15, -0.1) is 0 Å². The zero-order chi connectivity index (χ0) is 14.0. The van der Waals surface area contributed by atoms with Crippen molar-refractivity contribution < 1.29 is 9.53 Å². The van der Waals surface area contributed by atoms with Gasteiger partial charge < -0.3 is 4.74 Å². The second-order valence-electron chi connectivity index (χ2n) is 7.87. The monoisotopic (exact) mass is 262 g/mol. The highest BCUT2D eigenvalue weighted by Crippen LogP contribution is 2.73. The predicted molar refractivity (Wildman–Crippen MR) is 75.5 cm³/mol. The van der Waals surface area contributed by atoms with Gasteiger partial charge in [-0.1, -0.05) is 33.8 Å². The van der Waals surface area contributed by atoms with Gasteiger partial charge in [0, 0.05) is 6.92 Å². The summed E-state index contributed by atoms with van der Waals surface area (Å²) in [5.41, 5.74) is 2.03. The van der Waals surface area contributed by atoms with Crippen LogP contribution in [0.4, 0.5) is 0 Å². The van der Waals surface area contributed by atoms with Crippen molar-refractivity contribution in [1.82, 2.24) is 0 Å². The van der Waals surface area contributed by atoms with Crippen LogP contribution in [-0.2, 0) is 9.53 Å². The fraction of sp³-hybridized carbons (Fsp3) is 0.824. The Bertz CT molecular complexity index is 437. The fourth-order valence-electron chi connectivity index (χ4n) is 5.57. The van der Waals surface area contributed by atoms with Gasteiger partial charge in [-0.05, 0) is 53.4 Å². The van der Waals surface area contributed by atoms with E-state index in [1.807, 2.05) is 0 Å². The van der Waals surface area contributed by atoms with Crippen LogP contribution in [0.3, 0.4) is 0 Å². The number of carbonyl (C=O) groups is 1. The molecular formula is C17H26O2. The molecule has 3 aliphatic rings. The highest BCUT2D eigenvalue weighted by molar-refractivity contribution is 5.66. The molecule has 0 radical (unpaired) electrons. The molecule has 19 heavy (non-hydrogen) atoms. The molecule has 0 N–H and O–H groups in total. The lowest BCUT2D eigenvalue weighted by atomic mass is 9.37. The van der Waals surface area contributed by atoms with Crippen LogP contribution in [0.1, 0.15) is 53.4 Å². The summed E-state index contributed by atoms with van der Waals surface area (Å²) in [6.45, 7) is 13.1. The van der Waals surface area contributed by atoms with Crippen molar-refractivity contribution >= 4 is 5.97 Å². The minimum absolute atomic E-state index is 0.0225. The Balaban J connectivity index is 1.91. The first kappa shape index (κ1) is 13.2. The molecule has 2 nitrogen and oxygen atoms in total. The van der Waals surface area contributed by atoms with E-state index < -0.39 is 0 Å². The number of ether oxygens (including phenoxy) is 1.